The van der Waals surface area contributed by atoms with Crippen LogP contribution in [0.2, 0.25) is 0 Å². The van der Waals surface area contributed by atoms with E-state index >= 15 is 0 Å². The van der Waals surface area contributed by atoms with E-state index in [1.165, 1.54) is 0 Å². The second-order valence-corrected chi connectivity index (χ2v) is 9.29. The summed E-state index contributed by atoms with van der Waals surface area (Å²) in [7, 11) is 0. The second kappa shape index (κ2) is 9.85. The highest BCUT2D eigenvalue weighted by Gasteiger charge is 2.44. The van der Waals surface area contributed by atoms with Gasteiger partial charge >= 0.3 is 0 Å². The number of rotatable bonds is 6. The van der Waals surface area contributed by atoms with Gasteiger partial charge < -0.3 is 19.7 Å². The zero-order chi connectivity index (χ0) is 23.4. The van der Waals surface area contributed by atoms with E-state index in [-0.39, 0.29) is 17.6 Å². The molecule has 176 valence electrons. The van der Waals surface area contributed by atoms with E-state index in [9.17, 15) is 4.79 Å². The molecule has 3 aromatic rings. The van der Waals surface area contributed by atoms with Crippen LogP contribution >= 0.6 is 0 Å². The molecule has 1 aromatic heterocycles. The normalized spacial score (nSPS) is 19.2. The van der Waals surface area contributed by atoms with Gasteiger partial charge in [0.15, 0.2) is 0 Å². The van der Waals surface area contributed by atoms with Crippen molar-refractivity contribution >= 4 is 11.6 Å². The van der Waals surface area contributed by atoms with E-state index in [2.05, 4.69) is 17.2 Å². The largest absolute Gasteiger partial charge is 0.488 e. The van der Waals surface area contributed by atoms with Crippen LogP contribution in [0.1, 0.15) is 40.7 Å². The van der Waals surface area contributed by atoms with Crippen molar-refractivity contribution in [1.29, 1.82) is 0 Å². The van der Waals surface area contributed by atoms with E-state index in [1.807, 2.05) is 71.8 Å². The molecule has 0 aliphatic carbocycles. The number of anilines is 1. The van der Waals surface area contributed by atoms with Gasteiger partial charge in [-0.15, -0.1) is 0 Å². The number of aryl methyl sites for hydroxylation is 1. The van der Waals surface area contributed by atoms with E-state index in [4.69, 9.17) is 9.47 Å². The van der Waals surface area contributed by atoms with E-state index in [0.717, 1.165) is 41.8 Å². The number of aromatic nitrogens is 1. The molecule has 1 atom stereocenters. The minimum atomic E-state index is -0.181. The van der Waals surface area contributed by atoms with Crippen LogP contribution in [-0.4, -0.2) is 47.2 Å². The van der Waals surface area contributed by atoms with Gasteiger partial charge in [-0.25, -0.2) is 0 Å². The summed E-state index contributed by atoms with van der Waals surface area (Å²) in [5, 5.41) is 3.45. The van der Waals surface area contributed by atoms with Gasteiger partial charge in [0.2, 0.25) is 0 Å². The minimum Gasteiger partial charge on any atom is -0.488 e. The summed E-state index contributed by atoms with van der Waals surface area (Å²) in [4.78, 5) is 19.4. The van der Waals surface area contributed by atoms with E-state index in [0.29, 0.717) is 31.8 Å². The number of nitrogens with one attached hydrogen (secondary N) is 1. The van der Waals surface area contributed by atoms with Crippen LogP contribution in [-0.2, 0) is 11.3 Å². The second-order valence-electron chi connectivity index (χ2n) is 9.29. The molecule has 2 saturated heterocycles. The van der Waals surface area contributed by atoms with Crippen LogP contribution in [0.3, 0.4) is 0 Å². The highest BCUT2D eigenvalue weighted by molar-refractivity contribution is 5.95. The molecule has 1 N–H and O–H groups in total. The summed E-state index contributed by atoms with van der Waals surface area (Å²) >= 11 is 0. The number of pyridine rings is 1. The van der Waals surface area contributed by atoms with Gasteiger partial charge in [0.1, 0.15) is 11.9 Å². The number of nitrogens with zero attached hydrogens (tertiary/aromatic N) is 2. The Morgan fingerprint density at radius 2 is 1.97 bits per heavy atom. The fourth-order valence-corrected chi connectivity index (χ4v) is 4.86. The Morgan fingerprint density at radius 1 is 1.15 bits per heavy atom. The first-order valence-electron chi connectivity index (χ1n) is 12.0. The predicted molar refractivity (Wildman–Crippen MR) is 132 cm³/mol. The lowest BCUT2D eigenvalue weighted by Gasteiger charge is -2.38. The Hall–Kier alpha value is -3.38. The van der Waals surface area contributed by atoms with Crippen LogP contribution in [0.15, 0.2) is 73.1 Å². The molecule has 6 nitrogen and oxygen atoms in total. The van der Waals surface area contributed by atoms with Gasteiger partial charge in [0, 0.05) is 49.7 Å². The molecule has 0 bridgehead atoms. The topological polar surface area (TPSA) is 63.7 Å². The van der Waals surface area contributed by atoms with Gasteiger partial charge in [-0.1, -0.05) is 30.3 Å². The molecule has 3 heterocycles. The summed E-state index contributed by atoms with van der Waals surface area (Å²) in [5.74, 6) is 0.961. The average molecular weight is 458 g/mol. The Labute approximate surface area is 200 Å². The SMILES string of the molecule is Cc1ccc(C(=O)N2CCC3(CC2)C[C@H](Oc2ccccc2)CO3)cc1NCc1cccnc1. The first-order chi connectivity index (χ1) is 16.6. The number of hydrogen-bond donors (Lipinski definition) is 1. The molecule has 1 spiro atoms. The number of benzene rings is 2. The zero-order valence-electron chi connectivity index (χ0n) is 19.6. The fourth-order valence-electron chi connectivity index (χ4n) is 4.86. The van der Waals surface area contributed by atoms with Gasteiger partial charge in [0.25, 0.3) is 5.91 Å². The van der Waals surface area contributed by atoms with Crippen molar-refractivity contribution in [3.05, 3.63) is 89.7 Å². The van der Waals surface area contributed by atoms with Gasteiger partial charge in [-0.3, -0.25) is 9.78 Å². The van der Waals surface area contributed by atoms with Gasteiger partial charge in [-0.05, 0) is 61.2 Å². The molecular weight excluding hydrogens is 426 g/mol. The number of carbonyl (C=O) groups is 1. The number of hydrogen-bond acceptors (Lipinski definition) is 5. The molecule has 0 radical (unpaired) electrons. The first-order valence-corrected chi connectivity index (χ1v) is 12.0. The zero-order valence-corrected chi connectivity index (χ0v) is 19.6. The maximum absolute atomic E-state index is 13.3. The Balaban J connectivity index is 1.17. The third kappa shape index (κ3) is 5.07. The number of likely N-dealkylation sites (tertiary alicyclic amines) is 1. The van der Waals surface area contributed by atoms with E-state index in [1.54, 1.807) is 6.20 Å². The Bertz CT molecular complexity index is 1110. The Morgan fingerprint density at radius 3 is 2.74 bits per heavy atom. The molecule has 0 saturated carbocycles. The lowest BCUT2D eigenvalue weighted by atomic mass is 9.87. The average Bonchev–Trinajstić information content (AvgIpc) is 3.26. The summed E-state index contributed by atoms with van der Waals surface area (Å²) < 4.78 is 12.3. The van der Waals surface area contributed by atoms with Gasteiger partial charge in [0.05, 0.1) is 12.2 Å². The molecule has 1 amide bonds. The van der Waals surface area contributed by atoms with Crippen LogP contribution < -0.4 is 10.1 Å². The van der Waals surface area contributed by atoms with Crippen LogP contribution in [0.25, 0.3) is 0 Å². The van der Waals surface area contributed by atoms with Crippen LogP contribution in [0, 0.1) is 6.92 Å². The predicted octanol–water partition coefficient (Wildman–Crippen LogP) is 4.84. The maximum Gasteiger partial charge on any atom is 0.253 e. The first kappa shape index (κ1) is 22.4. The fraction of sp³-hybridized carbons (Fsp3) is 0.357. The highest BCUT2D eigenvalue weighted by Crippen LogP contribution is 2.37. The number of amides is 1. The Kier molecular flexibility index (Phi) is 6.50. The molecular formula is C28H31N3O3. The van der Waals surface area contributed by atoms with Crippen molar-refractivity contribution in [2.75, 3.05) is 25.0 Å². The van der Waals surface area contributed by atoms with Crippen molar-refractivity contribution in [1.82, 2.24) is 9.88 Å². The summed E-state index contributed by atoms with van der Waals surface area (Å²) in [5.41, 5.74) is 3.73. The number of carbonyl (C=O) groups excluding carboxylic acids is 1. The molecule has 2 aliphatic rings. The summed E-state index contributed by atoms with van der Waals surface area (Å²) in [6.45, 7) is 4.72. The lowest BCUT2D eigenvalue weighted by molar-refractivity contribution is -0.0395. The monoisotopic (exact) mass is 457 g/mol. The molecule has 2 fully saturated rings. The number of piperidine rings is 1. The van der Waals surface area contributed by atoms with E-state index < -0.39 is 0 Å². The van der Waals surface area contributed by atoms with Crippen molar-refractivity contribution in [2.45, 2.75) is 44.4 Å². The van der Waals surface area contributed by atoms with Crippen molar-refractivity contribution in [3.8, 4) is 5.75 Å². The van der Waals surface area contributed by atoms with Crippen LogP contribution in [0.4, 0.5) is 5.69 Å². The standard InChI is InChI=1S/C28H31N3O3/c1-21-9-10-23(16-26(21)30-19-22-6-5-13-29-18-22)27(32)31-14-11-28(12-15-31)17-25(20-33-28)34-24-7-3-2-4-8-24/h2-10,13,16,18,25,30H,11-12,14-15,17,19-20H2,1H3/t25-/m0/s1. The number of para-hydroxylation sites is 1. The third-order valence-corrected chi connectivity index (χ3v) is 6.87. The molecule has 34 heavy (non-hydrogen) atoms. The highest BCUT2D eigenvalue weighted by atomic mass is 16.6. The van der Waals surface area contributed by atoms with Gasteiger partial charge in [-0.2, -0.15) is 0 Å². The molecule has 2 aliphatic heterocycles. The molecule has 2 aromatic carbocycles. The lowest BCUT2D eigenvalue weighted by Crippen LogP contribution is -2.46. The molecule has 6 heteroatoms. The minimum absolute atomic E-state index is 0.0650. The van der Waals surface area contributed by atoms with Crippen molar-refractivity contribution in [3.63, 3.8) is 0 Å². The quantitative estimate of drug-likeness (QED) is 0.574. The molecule has 0 unspecified atom stereocenters. The molecule has 5 rings (SSSR count). The van der Waals surface area contributed by atoms with Crippen molar-refractivity contribution in [2.24, 2.45) is 0 Å². The van der Waals surface area contributed by atoms with Crippen molar-refractivity contribution < 1.29 is 14.3 Å². The third-order valence-electron chi connectivity index (χ3n) is 6.87. The maximum atomic E-state index is 13.3. The van der Waals surface area contributed by atoms with Crippen LogP contribution in [0.5, 0.6) is 5.75 Å². The smallest absolute Gasteiger partial charge is 0.253 e. The summed E-state index contributed by atoms with van der Waals surface area (Å²) in [6.07, 6.45) is 6.23. The summed E-state index contributed by atoms with van der Waals surface area (Å²) in [6, 6.07) is 19.8. The number of ether oxygens (including phenoxy) is 2.